The number of carbonyl (C=O) groups excluding carboxylic acids is 1. The van der Waals surface area contributed by atoms with Crippen molar-refractivity contribution < 1.29 is 4.79 Å². The number of H-pyrrole nitrogens is 1. The molecule has 200 valence electrons. The second kappa shape index (κ2) is 12.4. The van der Waals surface area contributed by atoms with E-state index in [1.54, 1.807) is 11.2 Å². The van der Waals surface area contributed by atoms with E-state index in [1.165, 1.54) is 33.5 Å². The van der Waals surface area contributed by atoms with E-state index in [2.05, 4.69) is 45.1 Å². The summed E-state index contributed by atoms with van der Waals surface area (Å²) in [5.41, 5.74) is 9.74. The van der Waals surface area contributed by atoms with E-state index < -0.39 is 5.69 Å². The van der Waals surface area contributed by atoms with Gasteiger partial charge in [-0.15, -0.1) is 16.3 Å². The van der Waals surface area contributed by atoms with Gasteiger partial charge >= 0.3 is 5.69 Å². The Labute approximate surface area is 229 Å². The summed E-state index contributed by atoms with van der Waals surface area (Å²) in [5, 5.41) is 3.64. The third kappa shape index (κ3) is 6.54. The SMILES string of the molecule is C=C(N=C(SC)C(=C)SN=N)C(=O)N1CCC(Cn2c(=O)cc(Nc3ccc4c(c3)CCC4)[nH]c2=O)CC1. The third-order valence-corrected chi connectivity index (χ3v) is 8.17. The van der Waals surface area contributed by atoms with Gasteiger partial charge in [-0.2, -0.15) is 5.53 Å². The maximum Gasteiger partial charge on any atom is 0.329 e. The molecular formula is C26H31N7O3S2. The van der Waals surface area contributed by atoms with Crippen molar-refractivity contribution in [1.82, 2.24) is 14.5 Å². The minimum Gasteiger partial charge on any atom is -0.342 e. The zero-order valence-corrected chi connectivity index (χ0v) is 22.9. The Hall–Kier alpha value is -3.38. The number of hydrogen-bond acceptors (Lipinski definition) is 9. The van der Waals surface area contributed by atoms with Crippen LogP contribution < -0.4 is 16.6 Å². The standard InChI is InChI=1S/C26H31N7O3S2/c1-16(28-24(37-3)17(2)38-31-27)25(35)32-11-9-18(10-12-32)15-33-23(34)14-22(30-26(33)36)29-21-8-7-19-5-4-6-20(19)13-21/h7-8,13-14,18,27,29H,1-2,4-6,9-12,15H2,3H3,(H,30,36). The number of anilines is 2. The molecule has 2 aromatic rings. The summed E-state index contributed by atoms with van der Waals surface area (Å²) in [4.78, 5) is 47.6. The number of thioether (sulfide) groups is 1. The number of benzene rings is 1. The maximum absolute atomic E-state index is 12.8. The average molecular weight is 554 g/mol. The van der Waals surface area contributed by atoms with Crippen molar-refractivity contribution in [2.75, 3.05) is 24.7 Å². The fourth-order valence-corrected chi connectivity index (χ4v) is 5.84. The van der Waals surface area contributed by atoms with Crippen LogP contribution in [0, 0.1) is 11.4 Å². The summed E-state index contributed by atoms with van der Waals surface area (Å²) in [5.74, 6) is 0.185. The maximum atomic E-state index is 12.8. The van der Waals surface area contributed by atoms with Gasteiger partial charge < -0.3 is 10.2 Å². The molecule has 3 N–H and O–H groups in total. The van der Waals surface area contributed by atoms with Crippen LogP contribution in [-0.2, 0) is 24.2 Å². The molecule has 38 heavy (non-hydrogen) atoms. The Kier molecular flexibility index (Phi) is 9.05. The summed E-state index contributed by atoms with van der Waals surface area (Å²) < 4.78 is 4.46. The Balaban J connectivity index is 1.34. The van der Waals surface area contributed by atoms with E-state index in [-0.39, 0.29) is 23.1 Å². The number of hydrogen-bond donors (Lipinski definition) is 3. The lowest BCUT2D eigenvalue weighted by Gasteiger charge is -2.32. The van der Waals surface area contributed by atoms with Gasteiger partial charge in [-0.25, -0.2) is 9.79 Å². The molecule has 0 unspecified atom stereocenters. The lowest BCUT2D eigenvalue weighted by Crippen LogP contribution is -2.42. The molecule has 1 aliphatic carbocycles. The van der Waals surface area contributed by atoms with Gasteiger partial charge in [0.1, 0.15) is 16.6 Å². The molecule has 1 amide bonds. The Morgan fingerprint density at radius 3 is 2.61 bits per heavy atom. The number of fused-ring (bicyclic) bond motifs is 1. The summed E-state index contributed by atoms with van der Waals surface area (Å²) in [6, 6.07) is 7.55. The molecule has 2 aliphatic rings. The molecule has 1 aromatic carbocycles. The highest BCUT2D eigenvalue weighted by atomic mass is 32.2. The number of amides is 1. The minimum absolute atomic E-state index is 0.0849. The monoisotopic (exact) mass is 553 g/mol. The topological polar surface area (TPSA) is 136 Å². The number of rotatable bonds is 9. The summed E-state index contributed by atoms with van der Waals surface area (Å²) in [6.07, 6.45) is 6.40. The van der Waals surface area contributed by atoms with Gasteiger partial charge in [0, 0.05) is 43.3 Å². The van der Waals surface area contributed by atoms with E-state index >= 15 is 0 Å². The van der Waals surface area contributed by atoms with Gasteiger partial charge in [0.05, 0.1) is 4.91 Å². The number of aromatic nitrogens is 2. The molecule has 0 saturated carbocycles. The zero-order chi connectivity index (χ0) is 27.2. The normalized spacial score (nSPS) is 15.7. The average Bonchev–Trinajstić information content (AvgIpc) is 3.37. The lowest BCUT2D eigenvalue weighted by molar-refractivity contribution is -0.128. The first-order valence-corrected chi connectivity index (χ1v) is 14.4. The van der Waals surface area contributed by atoms with Crippen LogP contribution in [0.3, 0.4) is 0 Å². The Morgan fingerprint density at radius 2 is 1.92 bits per heavy atom. The van der Waals surface area contributed by atoms with Crippen LogP contribution in [0.2, 0.25) is 0 Å². The molecule has 0 atom stereocenters. The van der Waals surface area contributed by atoms with Crippen LogP contribution in [0.5, 0.6) is 0 Å². The van der Waals surface area contributed by atoms with Crippen LogP contribution in [0.25, 0.3) is 0 Å². The number of nitrogens with zero attached hydrogens (tertiary/aromatic N) is 4. The molecular weight excluding hydrogens is 522 g/mol. The first-order valence-electron chi connectivity index (χ1n) is 12.4. The van der Waals surface area contributed by atoms with Gasteiger partial charge in [-0.05, 0) is 67.5 Å². The number of likely N-dealkylation sites (tertiary alicyclic amines) is 1. The van der Waals surface area contributed by atoms with Crippen molar-refractivity contribution in [1.29, 1.82) is 5.53 Å². The van der Waals surface area contributed by atoms with Crippen LogP contribution in [-0.4, -0.2) is 44.7 Å². The van der Waals surface area contributed by atoms with E-state index in [1.807, 2.05) is 6.07 Å². The van der Waals surface area contributed by atoms with Crippen molar-refractivity contribution in [3.63, 3.8) is 0 Å². The van der Waals surface area contributed by atoms with Crippen molar-refractivity contribution in [3.8, 4) is 0 Å². The van der Waals surface area contributed by atoms with E-state index in [0.29, 0.717) is 48.2 Å². The van der Waals surface area contributed by atoms with Gasteiger partial charge in [0.15, 0.2) is 0 Å². The molecule has 1 aliphatic heterocycles. The fraction of sp³-hybridized carbons (Fsp3) is 0.385. The van der Waals surface area contributed by atoms with Crippen LogP contribution in [0.4, 0.5) is 11.5 Å². The number of piperidine rings is 1. The molecule has 4 rings (SSSR count). The molecule has 1 fully saturated rings. The summed E-state index contributed by atoms with van der Waals surface area (Å²) in [6.45, 7) is 8.88. The molecule has 1 aromatic heterocycles. The molecule has 10 nitrogen and oxygen atoms in total. The highest BCUT2D eigenvalue weighted by Gasteiger charge is 2.25. The molecule has 2 heterocycles. The van der Waals surface area contributed by atoms with E-state index in [0.717, 1.165) is 36.9 Å². The Morgan fingerprint density at radius 1 is 1.18 bits per heavy atom. The highest BCUT2D eigenvalue weighted by molar-refractivity contribution is 8.17. The fourth-order valence-electron chi connectivity index (χ4n) is 4.81. The van der Waals surface area contributed by atoms with Crippen molar-refractivity contribution in [2.45, 2.75) is 38.6 Å². The van der Waals surface area contributed by atoms with Gasteiger partial charge in [-0.1, -0.05) is 19.2 Å². The van der Waals surface area contributed by atoms with Crippen LogP contribution in [0.1, 0.15) is 30.4 Å². The van der Waals surface area contributed by atoms with Gasteiger partial charge in [0.2, 0.25) is 0 Å². The number of nitrogens with one attached hydrogen (secondary N) is 3. The smallest absolute Gasteiger partial charge is 0.329 e. The zero-order valence-electron chi connectivity index (χ0n) is 21.3. The molecule has 1 saturated heterocycles. The predicted octanol–water partition coefficient (Wildman–Crippen LogP) is 4.48. The lowest BCUT2D eigenvalue weighted by atomic mass is 9.96. The molecule has 0 bridgehead atoms. The molecule has 12 heteroatoms. The highest BCUT2D eigenvalue weighted by Crippen LogP contribution is 2.26. The quantitative estimate of drug-likeness (QED) is 0.138. The third-order valence-electron chi connectivity index (χ3n) is 6.81. The van der Waals surface area contributed by atoms with Crippen molar-refractivity contribution >= 4 is 46.2 Å². The van der Waals surface area contributed by atoms with Crippen molar-refractivity contribution in [3.05, 3.63) is 80.0 Å². The Bertz CT molecular complexity index is 1370. The first kappa shape index (κ1) is 27.6. The number of aryl methyl sites for hydroxylation is 2. The predicted molar refractivity (Wildman–Crippen MR) is 154 cm³/mol. The second-order valence-electron chi connectivity index (χ2n) is 9.31. The van der Waals surface area contributed by atoms with Crippen molar-refractivity contribution in [2.24, 2.45) is 15.4 Å². The number of aromatic amines is 1. The van der Waals surface area contributed by atoms with Crippen LogP contribution >= 0.6 is 23.7 Å². The van der Waals surface area contributed by atoms with E-state index in [9.17, 15) is 14.4 Å². The summed E-state index contributed by atoms with van der Waals surface area (Å²) in [7, 11) is 0. The van der Waals surface area contributed by atoms with E-state index in [4.69, 9.17) is 5.53 Å². The number of carbonyl (C=O) groups is 1. The largest absolute Gasteiger partial charge is 0.342 e. The second-order valence-corrected chi connectivity index (χ2v) is 11.0. The molecule has 0 radical (unpaired) electrons. The van der Waals surface area contributed by atoms with Gasteiger partial charge in [-0.3, -0.25) is 19.1 Å². The minimum atomic E-state index is -0.454. The van der Waals surface area contributed by atoms with Crippen LogP contribution in [0.15, 0.2) is 67.1 Å². The first-order chi connectivity index (χ1) is 18.3. The number of aliphatic imine (C=N–C) groups is 1. The molecule has 0 spiro atoms. The summed E-state index contributed by atoms with van der Waals surface area (Å²) >= 11 is 2.19. The van der Waals surface area contributed by atoms with Gasteiger partial charge in [0.25, 0.3) is 11.5 Å².